The maximum atomic E-state index is 12.2. The maximum Gasteiger partial charge on any atom is 0.259 e. The quantitative estimate of drug-likeness (QED) is 0.905. The molecule has 0 spiro atoms. The summed E-state index contributed by atoms with van der Waals surface area (Å²) in [6.07, 6.45) is 4.98. The van der Waals surface area contributed by atoms with Crippen LogP contribution in [0.15, 0.2) is 29.1 Å². The van der Waals surface area contributed by atoms with Crippen LogP contribution in [0.2, 0.25) is 0 Å². The molecule has 1 amide bonds. The van der Waals surface area contributed by atoms with Crippen LogP contribution in [-0.2, 0) is 7.05 Å². The van der Waals surface area contributed by atoms with E-state index in [-0.39, 0.29) is 5.91 Å². The second-order valence-corrected chi connectivity index (χ2v) is 4.85. The average molecular weight is 324 g/mol. The van der Waals surface area contributed by atoms with Gasteiger partial charge in [0, 0.05) is 30.5 Å². The largest absolute Gasteiger partial charge is 0.370 e. The molecule has 100 valence electrons. The normalized spacial score (nSPS) is 10.3. The van der Waals surface area contributed by atoms with Crippen molar-refractivity contribution in [2.24, 2.45) is 7.05 Å². The lowest BCUT2D eigenvalue weighted by atomic mass is 10.2. The molecule has 2 heterocycles. The summed E-state index contributed by atoms with van der Waals surface area (Å²) >= 11 is 3.32. The summed E-state index contributed by atoms with van der Waals surface area (Å²) in [5, 5.41) is 9.84. The molecule has 0 aliphatic rings. The lowest BCUT2D eigenvalue weighted by molar-refractivity contribution is 0.102. The zero-order chi connectivity index (χ0) is 13.8. The molecule has 0 radical (unpaired) electrons. The highest BCUT2D eigenvalue weighted by Crippen LogP contribution is 2.19. The van der Waals surface area contributed by atoms with Gasteiger partial charge in [0.05, 0.1) is 17.4 Å². The molecule has 2 N–H and O–H groups in total. The standard InChI is InChI=1S/C12H14BrN5O/c1-3-14-11-10(4-8(13)5-15-11)12(19)17-9-6-16-18(2)7-9/h4-7H,3H2,1-2H3,(H,14,15)(H,17,19). The molecular weight excluding hydrogens is 310 g/mol. The minimum absolute atomic E-state index is 0.224. The van der Waals surface area contributed by atoms with Crippen molar-refractivity contribution >= 4 is 33.3 Å². The molecule has 2 aromatic heterocycles. The Labute approximate surface area is 119 Å². The zero-order valence-corrected chi connectivity index (χ0v) is 12.2. The fourth-order valence-electron chi connectivity index (χ4n) is 1.60. The van der Waals surface area contributed by atoms with E-state index >= 15 is 0 Å². The van der Waals surface area contributed by atoms with Crippen molar-refractivity contribution in [1.82, 2.24) is 14.8 Å². The predicted octanol–water partition coefficient (Wildman–Crippen LogP) is 2.26. The number of pyridine rings is 1. The van der Waals surface area contributed by atoms with Gasteiger partial charge < -0.3 is 10.6 Å². The number of aromatic nitrogens is 3. The number of nitrogens with zero attached hydrogens (tertiary/aromatic N) is 3. The van der Waals surface area contributed by atoms with Gasteiger partial charge in [0.2, 0.25) is 0 Å². The summed E-state index contributed by atoms with van der Waals surface area (Å²) < 4.78 is 2.38. The van der Waals surface area contributed by atoms with E-state index in [1.807, 2.05) is 6.92 Å². The van der Waals surface area contributed by atoms with Crippen LogP contribution >= 0.6 is 15.9 Å². The summed E-state index contributed by atoms with van der Waals surface area (Å²) in [5.41, 5.74) is 1.13. The molecule has 2 aromatic rings. The molecule has 2 rings (SSSR count). The van der Waals surface area contributed by atoms with Crippen LogP contribution in [-0.4, -0.2) is 27.2 Å². The Balaban J connectivity index is 2.24. The van der Waals surface area contributed by atoms with Crippen molar-refractivity contribution in [3.8, 4) is 0 Å². The van der Waals surface area contributed by atoms with Crippen LogP contribution in [0.1, 0.15) is 17.3 Å². The van der Waals surface area contributed by atoms with E-state index < -0.39 is 0 Å². The third kappa shape index (κ3) is 3.31. The van der Waals surface area contributed by atoms with Crippen LogP contribution in [0.4, 0.5) is 11.5 Å². The minimum Gasteiger partial charge on any atom is -0.370 e. The number of amides is 1. The predicted molar refractivity (Wildman–Crippen MR) is 77.3 cm³/mol. The van der Waals surface area contributed by atoms with Gasteiger partial charge in [-0.25, -0.2) is 4.98 Å². The topological polar surface area (TPSA) is 71.8 Å². The Bertz CT molecular complexity index is 596. The fourth-order valence-corrected chi connectivity index (χ4v) is 1.94. The second kappa shape index (κ2) is 5.83. The SMILES string of the molecule is CCNc1ncc(Br)cc1C(=O)Nc1cnn(C)c1. The van der Waals surface area contributed by atoms with Crippen LogP contribution < -0.4 is 10.6 Å². The van der Waals surface area contributed by atoms with Crippen LogP contribution in [0.5, 0.6) is 0 Å². The fraction of sp³-hybridized carbons (Fsp3) is 0.250. The van der Waals surface area contributed by atoms with Gasteiger partial charge in [-0.3, -0.25) is 9.48 Å². The van der Waals surface area contributed by atoms with Crippen LogP contribution in [0.25, 0.3) is 0 Å². The third-order valence-electron chi connectivity index (χ3n) is 2.41. The smallest absolute Gasteiger partial charge is 0.259 e. The summed E-state index contributed by atoms with van der Waals surface area (Å²) in [6.45, 7) is 2.65. The maximum absolute atomic E-state index is 12.2. The molecule has 7 heteroatoms. The molecular formula is C12H14BrN5O. The molecule has 0 fully saturated rings. The van der Waals surface area contributed by atoms with Gasteiger partial charge >= 0.3 is 0 Å². The Morgan fingerprint density at radius 2 is 2.26 bits per heavy atom. The van der Waals surface area contributed by atoms with Gasteiger partial charge in [-0.15, -0.1) is 0 Å². The van der Waals surface area contributed by atoms with Crippen molar-refractivity contribution in [2.75, 3.05) is 17.2 Å². The Kier molecular flexibility index (Phi) is 4.16. The zero-order valence-electron chi connectivity index (χ0n) is 10.6. The number of nitrogens with one attached hydrogen (secondary N) is 2. The van der Waals surface area contributed by atoms with Gasteiger partial charge in [-0.2, -0.15) is 5.10 Å². The molecule has 0 aliphatic heterocycles. The van der Waals surface area contributed by atoms with Crippen molar-refractivity contribution in [2.45, 2.75) is 6.92 Å². The summed E-state index contributed by atoms with van der Waals surface area (Å²) in [7, 11) is 1.79. The van der Waals surface area contributed by atoms with E-state index in [9.17, 15) is 4.79 Å². The minimum atomic E-state index is -0.224. The first-order valence-electron chi connectivity index (χ1n) is 5.79. The second-order valence-electron chi connectivity index (χ2n) is 3.94. The molecule has 0 aromatic carbocycles. The molecule has 0 unspecified atom stereocenters. The van der Waals surface area contributed by atoms with Crippen molar-refractivity contribution < 1.29 is 4.79 Å². The Morgan fingerprint density at radius 3 is 2.89 bits per heavy atom. The number of carbonyl (C=O) groups excluding carboxylic acids is 1. The molecule has 0 saturated carbocycles. The number of carbonyl (C=O) groups is 1. The highest BCUT2D eigenvalue weighted by molar-refractivity contribution is 9.10. The summed E-state index contributed by atoms with van der Waals surface area (Å²) in [6, 6.07) is 1.73. The Morgan fingerprint density at radius 1 is 1.47 bits per heavy atom. The van der Waals surface area contributed by atoms with Crippen LogP contribution in [0, 0.1) is 0 Å². The number of hydrogen-bond donors (Lipinski definition) is 2. The third-order valence-corrected chi connectivity index (χ3v) is 2.84. The van der Waals surface area contributed by atoms with E-state index in [4.69, 9.17) is 0 Å². The molecule has 0 aliphatic carbocycles. The van der Waals surface area contributed by atoms with Crippen LogP contribution in [0.3, 0.4) is 0 Å². The van der Waals surface area contributed by atoms with E-state index in [0.29, 0.717) is 23.6 Å². The van der Waals surface area contributed by atoms with E-state index in [2.05, 4.69) is 36.6 Å². The van der Waals surface area contributed by atoms with Gasteiger partial charge in [0.15, 0.2) is 0 Å². The van der Waals surface area contributed by atoms with Gasteiger partial charge in [-0.1, -0.05) is 0 Å². The first-order chi connectivity index (χ1) is 9.10. The summed E-state index contributed by atoms with van der Waals surface area (Å²) in [5.74, 6) is 0.338. The number of aryl methyl sites for hydroxylation is 1. The average Bonchev–Trinajstić information content (AvgIpc) is 2.77. The monoisotopic (exact) mass is 323 g/mol. The van der Waals surface area contributed by atoms with Crippen molar-refractivity contribution in [3.05, 3.63) is 34.7 Å². The van der Waals surface area contributed by atoms with Gasteiger partial charge in [0.1, 0.15) is 5.82 Å². The first kappa shape index (κ1) is 13.5. The first-order valence-corrected chi connectivity index (χ1v) is 6.59. The lowest BCUT2D eigenvalue weighted by Crippen LogP contribution is -2.15. The lowest BCUT2D eigenvalue weighted by Gasteiger charge is -2.09. The molecule has 0 atom stereocenters. The molecule has 0 bridgehead atoms. The van der Waals surface area contributed by atoms with E-state index in [1.165, 1.54) is 0 Å². The van der Waals surface area contributed by atoms with Crippen molar-refractivity contribution in [1.29, 1.82) is 0 Å². The molecule has 19 heavy (non-hydrogen) atoms. The van der Waals surface area contributed by atoms with E-state index in [1.54, 1.807) is 36.4 Å². The highest BCUT2D eigenvalue weighted by atomic mass is 79.9. The van der Waals surface area contributed by atoms with Gasteiger partial charge in [-0.05, 0) is 28.9 Å². The summed E-state index contributed by atoms with van der Waals surface area (Å²) in [4.78, 5) is 16.4. The Hall–Kier alpha value is -1.89. The molecule has 6 nitrogen and oxygen atoms in total. The number of hydrogen-bond acceptors (Lipinski definition) is 4. The molecule has 0 saturated heterocycles. The van der Waals surface area contributed by atoms with Crippen molar-refractivity contribution in [3.63, 3.8) is 0 Å². The number of halogens is 1. The van der Waals surface area contributed by atoms with Gasteiger partial charge in [0.25, 0.3) is 5.91 Å². The number of rotatable bonds is 4. The highest BCUT2D eigenvalue weighted by Gasteiger charge is 2.14. The number of anilines is 2. The van der Waals surface area contributed by atoms with E-state index in [0.717, 1.165) is 4.47 Å².